The fourth-order valence-corrected chi connectivity index (χ4v) is 5.57. The molecule has 0 aliphatic carbocycles. The standard InChI is InChI=1S/C30H30Cl2N4O2/c1-20(37)33-24-10-5-9-23(17-24)21-11-15-35(16-12-21)13-6-14-36-30(38)26-19-28(32)27(31)18-25(26)29(34-36)22-7-3-2-4-8-22/h2-5,7-10,17-19,21H,6,11-16H2,1H3,(H,33,37). The Morgan fingerprint density at radius 1 is 0.947 bits per heavy atom. The Morgan fingerprint density at radius 2 is 1.66 bits per heavy atom. The van der Waals surface area contributed by atoms with Crippen LogP contribution in [-0.2, 0) is 11.3 Å². The van der Waals surface area contributed by atoms with Gasteiger partial charge in [0, 0.05) is 30.1 Å². The Morgan fingerprint density at radius 3 is 2.37 bits per heavy atom. The van der Waals surface area contributed by atoms with Crippen molar-refractivity contribution in [2.24, 2.45) is 0 Å². The molecule has 1 aliphatic heterocycles. The summed E-state index contributed by atoms with van der Waals surface area (Å²) in [6.45, 7) is 4.94. The van der Waals surface area contributed by atoms with Gasteiger partial charge in [-0.2, -0.15) is 5.10 Å². The number of benzene rings is 3. The molecule has 4 aromatic rings. The Bertz CT molecular complexity index is 1510. The van der Waals surface area contributed by atoms with E-state index in [2.05, 4.69) is 22.3 Å². The van der Waals surface area contributed by atoms with Gasteiger partial charge in [0.25, 0.3) is 5.56 Å². The third-order valence-electron chi connectivity index (χ3n) is 7.16. The lowest BCUT2D eigenvalue weighted by molar-refractivity contribution is -0.114. The number of carbonyl (C=O) groups is 1. The minimum atomic E-state index is -0.156. The summed E-state index contributed by atoms with van der Waals surface area (Å²) in [5.41, 5.74) is 3.62. The summed E-state index contributed by atoms with van der Waals surface area (Å²) >= 11 is 12.6. The largest absolute Gasteiger partial charge is 0.326 e. The Kier molecular flexibility index (Phi) is 8.12. The summed E-state index contributed by atoms with van der Waals surface area (Å²) in [4.78, 5) is 27.2. The molecule has 0 spiro atoms. The van der Waals surface area contributed by atoms with Gasteiger partial charge in [-0.3, -0.25) is 9.59 Å². The number of amides is 1. The van der Waals surface area contributed by atoms with Gasteiger partial charge in [-0.15, -0.1) is 0 Å². The van der Waals surface area contributed by atoms with Gasteiger partial charge in [0.05, 0.1) is 21.1 Å². The van der Waals surface area contributed by atoms with E-state index < -0.39 is 0 Å². The van der Waals surface area contributed by atoms with Gasteiger partial charge in [-0.1, -0.05) is 65.7 Å². The Labute approximate surface area is 232 Å². The zero-order chi connectivity index (χ0) is 26.6. The first-order valence-corrected chi connectivity index (χ1v) is 13.7. The minimum absolute atomic E-state index is 0.0558. The third kappa shape index (κ3) is 5.93. The van der Waals surface area contributed by atoms with Gasteiger partial charge in [0.1, 0.15) is 0 Å². The maximum absolute atomic E-state index is 13.3. The van der Waals surface area contributed by atoms with Gasteiger partial charge >= 0.3 is 0 Å². The number of hydrogen-bond donors (Lipinski definition) is 1. The van der Waals surface area contributed by atoms with Crippen LogP contribution in [0.2, 0.25) is 10.0 Å². The molecule has 1 N–H and O–H groups in total. The highest BCUT2D eigenvalue weighted by Gasteiger charge is 2.21. The van der Waals surface area contributed by atoms with Crippen LogP contribution in [0, 0.1) is 0 Å². The van der Waals surface area contributed by atoms with E-state index in [9.17, 15) is 9.59 Å². The maximum atomic E-state index is 13.3. The van der Waals surface area contributed by atoms with Gasteiger partial charge in [0.15, 0.2) is 0 Å². The van der Waals surface area contributed by atoms with Crippen LogP contribution in [0.3, 0.4) is 0 Å². The van der Waals surface area contributed by atoms with Crippen molar-refractivity contribution in [1.82, 2.24) is 14.7 Å². The first-order chi connectivity index (χ1) is 18.4. The van der Waals surface area contributed by atoms with Crippen molar-refractivity contribution in [3.05, 3.63) is 92.7 Å². The molecule has 1 fully saturated rings. The molecule has 1 aromatic heterocycles. The molecule has 0 atom stereocenters. The Hall–Kier alpha value is -3.19. The molecule has 38 heavy (non-hydrogen) atoms. The lowest BCUT2D eigenvalue weighted by Crippen LogP contribution is -2.34. The van der Waals surface area contributed by atoms with Crippen LogP contribution in [-0.4, -0.2) is 40.2 Å². The number of aromatic nitrogens is 2. The van der Waals surface area contributed by atoms with E-state index in [4.69, 9.17) is 28.3 Å². The zero-order valence-electron chi connectivity index (χ0n) is 21.3. The van der Waals surface area contributed by atoms with Crippen LogP contribution >= 0.6 is 23.2 Å². The molecule has 0 saturated carbocycles. The number of anilines is 1. The number of aryl methyl sites for hydroxylation is 1. The number of carbonyl (C=O) groups excluding carboxylic acids is 1. The first kappa shape index (κ1) is 26.4. The molecule has 3 aromatic carbocycles. The van der Waals surface area contributed by atoms with Gasteiger partial charge in [-0.05, 0) is 74.6 Å². The van der Waals surface area contributed by atoms with Crippen molar-refractivity contribution in [3.63, 3.8) is 0 Å². The van der Waals surface area contributed by atoms with Crippen molar-refractivity contribution in [2.75, 3.05) is 25.0 Å². The molecular weight excluding hydrogens is 519 g/mol. The second-order valence-electron chi connectivity index (χ2n) is 9.83. The van der Waals surface area contributed by atoms with Gasteiger partial charge < -0.3 is 10.2 Å². The van der Waals surface area contributed by atoms with E-state index in [1.54, 1.807) is 16.8 Å². The number of nitrogens with one attached hydrogen (secondary N) is 1. The molecule has 0 radical (unpaired) electrons. The third-order valence-corrected chi connectivity index (χ3v) is 7.88. The quantitative estimate of drug-likeness (QED) is 0.282. The number of likely N-dealkylation sites (tertiary alicyclic amines) is 1. The molecule has 1 aliphatic rings. The molecule has 5 rings (SSSR count). The average Bonchev–Trinajstić information content (AvgIpc) is 2.92. The number of fused-ring (bicyclic) bond motifs is 1. The number of nitrogens with zero attached hydrogens (tertiary/aromatic N) is 3. The smallest absolute Gasteiger partial charge is 0.274 e. The monoisotopic (exact) mass is 548 g/mol. The summed E-state index contributed by atoms with van der Waals surface area (Å²) in [7, 11) is 0. The minimum Gasteiger partial charge on any atom is -0.326 e. The fraction of sp³-hybridized carbons (Fsp3) is 0.300. The lowest BCUT2D eigenvalue weighted by Gasteiger charge is -2.32. The van der Waals surface area contributed by atoms with Crippen LogP contribution in [0.4, 0.5) is 5.69 Å². The topological polar surface area (TPSA) is 67.2 Å². The van der Waals surface area contributed by atoms with Gasteiger partial charge in [-0.25, -0.2) is 4.68 Å². The molecular formula is C30H30Cl2N4O2. The number of hydrogen-bond acceptors (Lipinski definition) is 4. The number of piperidine rings is 1. The second-order valence-corrected chi connectivity index (χ2v) is 10.6. The Balaban J connectivity index is 1.26. The highest BCUT2D eigenvalue weighted by molar-refractivity contribution is 6.43. The van der Waals surface area contributed by atoms with Crippen molar-refractivity contribution in [2.45, 2.75) is 38.6 Å². The van der Waals surface area contributed by atoms with E-state index in [1.165, 1.54) is 12.5 Å². The van der Waals surface area contributed by atoms with Crippen molar-refractivity contribution >= 4 is 45.6 Å². The SMILES string of the molecule is CC(=O)Nc1cccc(C2CCN(CCCn3nc(-c4ccccc4)c4cc(Cl)c(Cl)cc4c3=O)CC2)c1. The zero-order valence-corrected chi connectivity index (χ0v) is 22.8. The molecule has 0 bridgehead atoms. The van der Waals surface area contributed by atoms with E-state index in [0.29, 0.717) is 33.3 Å². The van der Waals surface area contributed by atoms with E-state index in [0.717, 1.165) is 55.8 Å². The number of halogens is 2. The van der Waals surface area contributed by atoms with Crippen molar-refractivity contribution < 1.29 is 4.79 Å². The van der Waals surface area contributed by atoms with E-state index in [-0.39, 0.29) is 11.5 Å². The maximum Gasteiger partial charge on any atom is 0.274 e. The van der Waals surface area contributed by atoms with Gasteiger partial charge in [0.2, 0.25) is 5.91 Å². The van der Waals surface area contributed by atoms with Crippen LogP contribution in [0.25, 0.3) is 22.0 Å². The molecule has 0 unspecified atom stereocenters. The summed E-state index contributed by atoms with van der Waals surface area (Å²) in [6, 6.07) is 21.4. The normalized spacial score (nSPS) is 14.6. The lowest BCUT2D eigenvalue weighted by atomic mass is 9.89. The summed E-state index contributed by atoms with van der Waals surface area (Å²) in [5, 5.41) is 9.63. The molecule has 196 valence electrons. The van der Waals surface area contributed by atoms with Crippen LogP contribution in [0.1, 0.15) is 37.7 Å². The van der Waals surface area contributed by atoms with Crippen LogP contribution in [0.5, 0.6) is 0 Å². The summed E-state index contributed by atoms with van der Waals surface area (Å²) < 4.78 is 1.56. The first-order valence-electron chi connectivity index (χ1n) is 12.9. The van der Waals surface area contributed by atoms with Crippen molar-refractivity contribution in [1.29, 1.82) is 0 Å². The highest BCUT2D eigenvalue weighted by Crippen LogP contribution is 2.32. The molecule has 2 heterocycles. The molecule has 8 heteroatoms. The predicted molar refractivity (Wildman–Crippen MR) is 155 cm³/mol. The van der Waals surface area contributed by atoms with Crippen LogP contribution in [0.15, 0.2) is 71.5 Å². The second kappa shape index (κ2) is 11.7. The summed E-state index contributed by atoms with van der Waals surface area (Å²) in [6.07, 6.45) is 2.95. The average molecular weight is 550 g/mol. The summed E-state index contributed by atoms with van der Waals surface area (Å²) in [5.74, 6) is 0.425. The van der Waals surface area contributed by atoms with E-state index >= 15 is 0 Å². The number of rotatable bonds is 7. The van der Waals surface area contributed by atoms with Crippen LogP contribution < -0.4 is 10.9 Å². The molecule has 1 amide bonds. The predicted octanol–water partition coefficient (Wildman–Crippen LogP) is 6.60. The highest BCUT2D eigenvalue weighted by atomic mass is 35.5. The fourth-order valence-electron chi connectivity index (χ4n) is 5.25. The molecule has 1 saturated heterocycles. The van der Waals surface area contributed by atoms with Crippen molar-refractivity contribution in [3.8, 4) is 11.3 Å². The van der Waals surface area contributed by atoms with E-state index in [1.807, 2.05) is 42.5 Å². The molecule has 6 nitrogen and oxygen atoms in total.